The molecule has 0 bridgehead atoms. The zero-order valence-electron chi connectivity index (χ0n) is 11.0. The van der Waals surface area contributed by atoms with Crippen LogP contribution in [0.3, 0.4) is 0 Å². The molecule has 0 spiro atoms. The SMILES string of the molecule is CS(=O)(=O)C1CCCC(C(N)c2cccc(Br)c2)C1. The van der Waals surface area contributed by atoms with Crippen LogP contribution < -0.4 is 5.73 Å². The molecule has 0 aliphatic heterocycles. The van der Waals surface area contributed by atoms with E-state index >= 15 is 0 Å². The average molecular weight is 346 g/mol. The van der Waals surface area contributed by atoms with Crippen molar-refractivity contribution >= 4 is 25.8 Å². The van der Waals surface area contributed by atoms with Crippen LogP contribution in [0.25, 0.3) is 0 Å². The lowest BCUT2D eigenvalue weighted by Crippen LogP contribution is -2.32. The first-order chi connectivity index (χ1) is 8.88. The quantitative estimate of drug-likeness (QED) is 0.915. The van der Waals surface area contributed by atoms with Crippen molar-refractivity contribution in [2.45, 2.75) is 37.0 Å². The van der Waals surface area contributed by atoms with Gasteiger partial charge >= 0.3 is 0 Å². The molecule has 0 amide bonds. The fourth-order valence-electron chi connectivity index (χ4n) is 2.88. The third kappa shape index (κ3) is 3.80. The van der Waals surface area contributed by atoms with E-state index in [1.807, 2.05) is 24.3 Å². The second-order valence-corrected chi connectivity index (χ2v) is 8.70. The predicted molar refractivity (Wildman–Crippen MR) is 81.7 cm³/mol. The van der Waals surface area contributed by atoms with Gasteiger partial charge in [-0.05, 0) is 42.9 Å². The first kappa shape index (κ1) is 15.0. The van der Waals surface area contributed by atoms with E-state index in [4.69, 9.17) is 5.73 Å². The highest BCUT2D eigenvalue weighted by atomic mass is 79.9. The van der Waals surface area contributed by atoms with Crippen LogP contribution in [0.5, 0.6) is 0 Å². The summed E-state index contributed by atoms with van der Waals surface area (Å²) in [5.74, 6) is 0.253. The maximum atomic E-state index is 11.7. The number of halogens is 1. The summed E-state index contributed by atoms with van der Waals surface area (Å²) >= 11 is 3.45. The number of benzene rings is 1. The first-order valence-electron chi connectivity index (χ1n) is 6.58. The minimum atomic E-state index is -2.95. The minimum Gasteiger partial charge on any atom is -0.324 e. The van der Waals surface area contributed by atoms with Crippen molar-refractivity contribution in [3.8, 4) is 0 Å². The van der Waals surface area contributed by atoms with Gasteiger partial charge in [0.2, 0.25) is 0 Å². The fourth-order valence-corrected chi connectivity index (χ4v) is 4.49. The van der Waals surface area contributed by atoms with Gasteiger partial charge in [-0.3, -0.25) is 0 Å². The van der Waals surface area contributed by atoms with Gasteiger partial charge in [0.15, 0.2) is 0 Å². The largest absolute Gasteiger partial charge is 0.324 e. The van der Waals surface area contributed by atoms with E-state index in [9.17, 15) is 8.42 Å². The van der Waals surface area contributed by atoms with Crippen LogP contribution in [0.2, 0.25) is 0 Å². The van der Waals surface area contributed by atoms with Gasteiger partial charge in [0.05, 0.1) is 5.25 Å². The van der Waals surface area contributed by atoms with Crippen molar-refractivity contribution in [1.82, 2.24) is 0 Å². The van der Waals surface area contributed by atoms with Crippen LogP contribution in [-0.4, -0.2) is 19.9 Å². The number of hydrogen-bond acceptors (Lipinski definition) is 3. The van der Waals surface area contributed by atoms with Crippen LogP contribution in [0, 0.1) is 5.92 Å². The molecule has 3 nitrogen and oxygen atoms in total. The summed E-state index contributed by atoms with van der Waals surface area (Å²) in [6, 6.07) is 7.89. The number of nitrogens with two attached hydrogens (primary N) is 1. The molecule has 1 aromatic rings. The van der Waals surface area contributed by atoms with Gasteiger partial charge < -0.3 is 5.73 Å². The molecular weight excluding hydrogens is 326 g/mol. The fraction of sp³-hybridized carbons (Fsp3) is 0.571. The Morgan fingerprint density at radius 3 is 2.74 bits per heavy atom. The molecule has 0 aromatic heterocycles. The van der Waals surface area contributed by atoms with Gasteiger partial charge in [-0.15, -0.1) is 0 Å². The minimum absolute atomic E-state index is 0.0814. The van der Waals surface area contributed by atoms with E-state index in [1.54, 1.807) is 0 Å². The maximum Gasteiger partial charge on any atom is 0.150 e. The van der Waals surface area contributed by atoms with Crippen molar-refractivity contribution in [2.75, 3.05) is 6.26 Å². The summed E-state index contributed by atoms with van der Waals surface area (Å²) in [4.78, 5) is 0. The molecule has 1 aliphatic rings. The van der Waals surface area contributed by atoms with Crippen LogP contribution in [0.1, 0.15) is 37.3 Å². The molecule has 1 aliphatic carbocycles. The van der Waals surface area contributed by atoms with Gasteiger partial charge in [0.1, 0.15) is 9.84 Å². The Hall–Kier alpha value is -0.390. The van der Waals surface area contributed by atoms with Gasteiger partial charge in [-0.1, -0.05) is 34.5 Å². The predicted octanol–water partition coefficient (Wildman–Crippen LogP) is 3.05. The van der Waals surface area contributed by atoms with E-state index < -0.39 is 9.84 Å². The topological polar surface area (TPSA) is 60.2 Å². The second kappa shape index (κ2) is 5.94. The molecule has 3 unspecified atom stereocenters. The smallest absolute Gasteiger partial charge is 0.150 e. The maximum absolute atomic E-state index is 11.7. The Balaban J connectivity index is 2.13. The van der Waals surface area contributed by atoms with Crippen molar-refractivity contribution in [2.24, 2.45) is 11.7 Å². The molecule has 2 rings (SSSR count). The molecule has 0 heterocycles. The summed E-state index contributed by atoms with van der Waals surface area (Å²) in [5.41, 5.74) is 7.41. The average Bonchev–Trinajstić information content (AvgIpc) is 2.37. The molecule has 1 saturated carbocycles. The molecule has 0 radical (unpaired) electrons. The van der Waals surface area contributed by atoms with Crippen LogP contribution in [0.4, 0.5) is 0 Å². The Morgan fingerprint density at radius 2 is 2.11 bits per heavy atom. The standard InChI is InChI=1S/C14H20BrNO2S/c1-19(17,18)13-7-3-5-11(9-13)14(16)10-4-2-6-12(15)8-10/h2,4,6,8,11,13-14H,3,5,7,9,16H2,1H3. The summed E-state index contributed by atoms with van der Waals surface area (Å²) in [5, 5.41) is -0.218. The monoisotopic (exact) mass is 345 g/mol. The Bertz CT molecular complexity index is 544. The third-order valence-corrected chi connectivity index (χ3v) is 6.15. The lowest BCUT2D eigenvalue weighted by Gasteiger charge is -2.32. The van der Waals surface area contributed by atoms with E-state index in [0.717, 1.165) is 29.3 Å². The highest BCUT2D eigenvalue weighted by Gasteiger charge is 2.32. The Morgan fingerprint density at radius 1 is 1.37 bits per heavy atom. The van der Waals surface area contributed by atoms with Crippen LogP contribution in [0.15, 0.2) is 28.7 Å². The molecule has 1 aromatic carbocycles. The molecule has 2 N–H and O–H groups in total. The first-order valence-corrected chi connectivity index (χ1v) is 9.32. The van der Waals surface area contributed by atoms with E-state index in [0.29, 0.717) is 6.42 Å². The molecule has 106 valence electrons. The molecule has 3 atom stereocenters. The number of rotatable bonds is 3. The summed E-state index contributed by atoms with van der Waals surface area (Å²) in [6.07, 6.45) is 4.77. The molecular formula is C14H20BrNO2S. The van der Waals surface area contributed by atoms with E-state index in [1.165, 1.54) is 6.26 Å². The van der Waals surface area contributed by atoms with Crippen molar-refractivity contribution in [1.29, 1.82) is 0 Å². The highest BCUT2D eigenvalue weighted by molar-refractivity contribution is 9.10. The number of hydrogen-bond donors (Lipinski definition) is 1. The van der Waals surface area contributed by atoms with E-state index in [-0.39, 0.29) is 17.2 Å². The molecule has 5 heteroatoms. The van der Waals surface area contributed by atoms with Gasteiger partial charge in [0.25, 0.3) is 0 Å². The van der Waals surface area contributed by atoms with Crippen LogP contribution >= 0.6 is 15.9 Å². The van der Waals surface area contributed by atoms with Crippen LogP contribution in [-0.2, 0) is 9.84 Å². The Kier molecular flexibility index (Phi) is 4.69. The Labute approximate surface area is 123 Å². The normalized spacial score (nSPS) is 26.1. The lowest BCUT2D eigenvalue weighted by molar-refractivity contribution is 0.309. The molecule has 19 heavy (non-hydrogen) atoms. The van der Waals surface area contributed by atoms with Gasteiger partial charge in [0, 0.05) is 16.8 Å². The van der Waals surface area contributed by atoms with E-state index in [2.05, 4.69) is 15.9 Å². The molecule has 1 fully saturated rings. The van der Waals surface area contributed by atoms with Gasteiger partial charge in [-0.25, -0.2) is 8.42 Å². The van der Waals surface area contributed by atoms with Crippen molar-refractivity contribution in [3.05, 3.63) is 34.3 Å². The zero-order chi connectivity index (χ0) is 14.0. The number of sulfone groups is 1. The van der Waals surface area contributed by atoms with Gasteiger partial charge in [-0.2, -0.15) is 0 Å². The summed E-state index contributed by atoms with van der Waals surface area (Å²) in [6.45, 7) is 0. The zero-order valence-corrected chi connectivity index (χ0v) is 13.5. The lowest BCUT2D eigenvalue weighted by atomic mass is 9.81. The van der Waals surface area contributed by atoms with Crippen molar-refractivity contribution < 1.29 is 8.42 Å². The highest BCUT2D eigenvalue weighted by Crippen LogP contribution is 2.36. The summed E-state index contributed by atoms with van der Waals surface area (Å²) in [7, 11) is -2.95. The second-order valence-electron chi connectivity index (χ2n) is 5.46. The third-order valence-electron chi connectivity index (χ3n) is 4.01. The summed E-state index contributed by atoms with van der Waals surface area (Å²) < 4.78 is 24.4. The molecule has 0 saturated heterocycles. The van der Waals surface area contributed by atoms with Crippen molar-refractivity contribution in [3.63, 3.8) is 0 Å².